The molecule has 1 rings (SSSR count). The minimum Gasteiger partial charge on any atom is -0.502 e. The molecule has 18 heavy (non-hydrogen) atoms. The van der Waals surface area contributed by atoms with Crippen molar-refractivity contribution in [3.05, 3.63) is 42.7 Å². The van der Waals surface area contributed by atoms with E-state index in [2.05, 4.69) is 11.9 Å². The Kier molecular flexibility index (Phi) is 6.40. The molecular formula is C14H20N2O2. The van der Waals surface area contributed by atoms with E-state index in [0.29, 0.717) is 26.0 Å². The Hall–Kier alpha value is -1.97. The molecule has 0 radical (unpaired) electrons. The topological polar surface area (TPSA) is 64.3 Å². The van der Waals surface area contributed by atoms with E-state index >= 15 is 0 Å². The molecule has 0 aliphatic heterocycles. The van der Waals surface area contributed by atoms with Gasteiger partial charge < -0.3 is 15.8 Å². The lowest BCUT2D eigenvalue weighted by molar-refractivity contribution is -0.121. The number of ether oxygens (including phenoxy) is 1. The number of nitrogens with two attached hydrogens (primary N) is 1. The molecule has 4 heteroatoms. The summed E-state index contributed by atoms with van der Waals surface area (Å²) in [5.74, 6) is 0.0388. The third kappa shape index (κ3) is 5.39. The molecule has 0 heterocycles. The number of nitrogen functional groups attached to an aromatic ring is 1. The molecule has 0 saturated heterocycles. The summed E-state index contributed by atoms with van der Waals surface area (Å²) in [7, 11) is 0. The summed E-state index contributed by atoms with van der Waals surface area (Å²) >= 11 is 0. The second kappa shape index (κ2) is 8.17. The first-order valence-electron chi connectivity index (χ1n) is 6.06. The van der Waals surface area contributed by atoms with Crippen molar-refractivity contribution < 1.29 is 9.53 Å². The summed E-state index contributed by atoms with van der Waals surface area (Å²) in [5, 5.41) is 2.84. The molecule has 1 aromatic rings. The number of aryl methyl sites for hydroxylation is 1. The molecule has 1 aromatic carbocycles. The molecule has 0 saturated carbocycles. The first-order chi connectivity index (χ1) is 8.74. The molecule has 0 aliphatic rings. The van der Waals surface area contributed by atoms with E-state index in [1.807, 2.05) is 24.3 Å². The summed E-state index contributed by atoms with van der Waals surface area (Å²) in [6, 6.07) is 7.61. The monoisotopic (exact) mass is 248 g/mol. The van der Waals surface area contributed by atoms with Crippen LogP contribution in [0.4, 0.5) is 5.69 Å². The predicted molar refractivity (Wildman–Crippen MR) is 73.0 cm³/mol. The summed E-state index contributed by atoms with van der Waals surface area (Å²) in [6.45, 7) is 4.64. The van der Waals surface area contributed by atoms with E-state index in [1.165, 1.54) is 6.26 Å². The van der Waals surface area contributed by atoms with Crippen molar-refractivity contribution >= 4 is 11.6 Å². The molecule has 3 N–H and O–H groups in total. The van der Waals surface area contributed by atoms with Crippen LogP contribution in [0.5, 0.6) is 0 Å². The Morgan fingerprint density at radius 3 is 2.94 bits per heavy atom. The number of nitrogens with one attached hydrogen (secondary N) is 1. The Morgan fingerprint density at radius 2 is 2.22 bits per heavy atom. The summed E-state index contributed by atoms with van der Waals surface area (Å²) in [4.78, 5) is 11.5. The SMILES string of the molecule is C=COCCCNC(=O)CCc1ccccc1N. The van der Waals surface area contributed by atoms with Crippen molar-refractivity contribution in [3.63, 3.8) is 0 Å². The van der Waals surface area contributed by atoms with Crippen LogP contribution >= 0.6 is 0 Å². The van der Waals surface area contributed by atoms with Crippen LogP contribution in [0.2, 0.25) is 0 Å². The van der Waals surface area contributed by atoms with Crippen LogP contribution in [0, 0.1) is 0 Å². The molecule has 0 fully saturated rings. The number of carbonyl (C=O) groups is 1. The van der Waals surface area contributed by atoms with Crippen molar-refractivity contribution in [1.82, 2.24) is 5.32 Å². The molecule has 0 spiro atoms. The highest BCUT2D eigenvalue weighted by Gasteiger charge is 2.03. The van der Waals surface area contributed by atoms with E-state index in [0.717, 1.165) is 17.7 Å². The average molecular weight is 248 g/mol. The van der Waals surface area contributed by atoms with Gasteiger partial charge in [0.25, 0.3) is 0 Å². The van der Waals surface area contributed by atoms with Crippen molar-refractivity contribution in [2.45, 2.75) is 19.3 Å². The van der Waals surface area contributed by atoms with Crippen LogP contribution in [-0.2, 0) is 16.0 Å². The van der Waals surface area contributed by atoms with E-state index in [9.17, 15) is 4.79 Å². The molecule has 1 amide bonds. The Bertz CT molecular complexity index is 391. The molecular weight excluding hydrogens is 228 g/mol. The van der Waals surface area contributed by atoms with Crippen LogP contribution in [-0.4, -0.2) is 19.1 Å². The molecule has 0 bridgehead atoms. The maximum absolute atomic E-state index is 11.5. The summed E-state index contributed by atoms with van der Waals surface area (Å²) in [6.07, 6.45) is 3.31. The number of rotatable bonds is 8. The van der Waals surface area contributed by atoms with Gasteiger partial charge in [-0.3, -0.25) is 4.79 Å². The van der Waals surface area contributed by atoms with E-state index < -0.39 is 0 Å². The van der Waals surface area contributed by atoms with Gasteiger partial charge in [-0.05, 0) is 24.5 Å². The quantitative estimate of drug-likeness (QED) is 0.419. The number of para-hydroxylation sites is 1. The van der Waals surface area contributed by atoms with Crippen LogP contribution in [0.3, 0.4) is 0 Å². The highest BCUT2D eigenvalue weighted by atomic mass is 16.5. The van der Waals surface area contributed by atoms with Gasteiger partial charge >= 0.3 is 0 Å². The number of benzene rings is 1. The van der Waals surface area contributed by atoms with Gasteiger partial charge in [-0.1, -0.05) is 24.8 Å². The number of hydrogen-bond donors (Lipinski definition) is 2. The van der Waals surface area contributed by atoms with Crippen LogP contribution < -0.4 is 11.1 Å². The molecule has 4 nitrogen and oxygen atoms in total. The molecule has 0 aromatic heterocycles. The number of amides is 1. The number of anilines is 1. The minimum absolute atomic E-state index is 0.0388. The Balaban J connectivity index is 2.17. The highest BCUT2D eigenvalue weighted by molar-refractivity contribution is 5.76. The second-order valence-corrected chi connectivity index (χ2v) is 3.94. The van der Waals surface area contributed by atoms with E-state index in [-0.39, 0.29) is 5.91 Å². The maximum Gasteiger partial charge on any atom is 0.220 e. The van der Waals surface area contributed by atoms with E-state index in [4.69, 9.17) is 10.5 Å². The van der Waals surface area contributed by atoms with Gasteiger partial charge in [0, 0.05) is 18.7 Å². The van der Waals surface area contributed by atoms with Gasteiger partial charge in [0.2, 0.25) is 5.91 Å². The third-order valence-electron chi connectivity index (χ3n) is 2.56. The smallest absolute Gasteiger partial charge is 0.220 e. The summed E-state index contributed by atoms with van der Waals surface area (Å²) in [5.41, 5.74) is 7.56. The van der Waals surface area contributed by atoms with Gasteiger partial charge in [-0.25, -0.2) is 0 Å². The largest absolute Gasteiger partial charge is 0.502 e. The van der Waals surface area contributed by atoms with Crippen molar-refractivity contribution in [3.8, 4) is 0 Å². The van der Waals surface area contributed by atoms with Crippen LogP contribution in [0.25, 0.3) is 0 Å². The van der Waals surface area contributed by atoms with Crippen LogP contribution in [0.15, 0.2) is 37.1 Å². The maximum atomic E-state index is 11.5. The standard InChI is InChI=1S/C14H20N2O2/c1-2-18-11-5-10-16-14(17)9-8-12-6-3-4-7-13(12)15/h2-4,6-7H,1,5,8-11,15H2,(H,16,17). The second-order valence-electron chi connectivity index (χ2n) is 3.94. The van der Waals surface area contributed by atoms with Crippen LogP contribution in [0.1, 0.15) is 18.4 Å². The zero-order chi connectivity index (χ0) is 13.2. The number of carbonyl (C=O) groups excluding carboxylic acids is 1. The van der Waals surface area contributed by atoms with Gasteiger partial charge in [-0.2, -0.15) is 0 Å². The third-order valence-corrected chi connectivity index (χ3v) is 2.56. The first kappa shape index (κ1) is 14.1. The van der Waals surface area contributed by atoms with Crippen molar-refractivity contribution in [2.75, 3.05) is 18.9 Å². The fourth-order valence-corrected chi connectivity index (χ4v) is 1.57. The predicted octanol–water partition coefficient (Wildman–Crippen LogP) is 1.87. The molecule has 0 atom stereocenters. The lowest BCUT2D eigenvalue weighted by atomic mass is 10.1. The lowest BCUT2D eigenvalue weighted by Gasteiger charge is -2.06. The fourth-order valence-electron chi connectivity index (χ4n) is 1.57. The Labute approximate surface area is 108 Å². The molecule has 0 aliphatic carbocycles. The van der Waals surface area contributed by atoms with Gasteiger partial charge in [0.05, 0.1) is 12.9 Å². The first-order valence-corrected chi connectivity index (χ1v) is 6.06. The van der Waals surface area contributed by atoms with Gasteiger partial charge in [0.1, 0.15) is 0 Å². The lowest BCUT2D eigenvalue weighted by Crippen LogP contribution is -2.25. The highest BCUT2D eigenvalue weighted by Crippen LogP contribution is 2.12. The fraction of sp³-hybridized carbons (Fsp3) is 0.357. The minimum atomic E-state index is 0.0388. The molecule has 98 valence electrons. The summed E-state index contributed by atoms with van der Waals surface area (Å²) < 4.78 is 4.96. The zero-order valence-corrected chi connectivity index (χ0v) is 10.5. The van der Waals surface area contributed by atoms with Gasteiger partial charge in [0.15, 0.2) is 0 Å². The molecule has 0 unspecified atom stereocenters. The van der Waals surface area contributed by atoms with E-state index in [1.54, 1.807) is 0 Å². The average Bonchev–Trinajstić information content (AvgIpc) is 2.37. The zero-order valence-electron chi connectivity index (χ0n) is 10.5. The van der Waals surface area contributed by atoms with Crippen molar-refractivity contribution in [1.29, 1.82) is 0 Å². The normalized spacial score (nSPS) is 9.78. The van der Waals surface area contributed by atoms with Crippen molar-refractivity contribution in [2.24, 2.45) is 0 Å². The van der Waals surface area contributed by atoms with Gasteiger partial charge in [-0.15, -0.1) is 0 Å². The Morgan fingerprint density at radius 1 is 1.44 bits per heavy atom. The number of hydrogen-bond acceptors (Lipinski definition) is 3.